The molecule has 2 saturated heterocycles. The van der Waals surface area contributed by atoms with Gasteiger partial charge in [-0.3, -0.25) is 33.8 Å². The number of rotatable bonds is 27. The molecule has 6 aromatic rings. The lowest BCUT2D eigenvalue weighted by Gasteiger charge is -2.64. The molecule has 3 saturated carbocycles. The van der Waals surface area contributed by atoms with Crippen molar-refractivity contribution in [2.24, 2.45) is 35.0 Å². The Balaban J connectivity index is 0.000000214. The summed E-state index contributed by atoms with van der Waals surface area (Å²) in [7, 11) is -2.23. The number of amides is 6. The van der Waals surface area contributed by atoms with Crippen LogP contribution in [0.5, 0.6) is 0 Å². The number of hydrogen-bond donors (Lipinski definition) is 8. The van der Waals surface area contributed by atoms with Crippen LogP contribution >= 0.6 is 0 Å². The Morgan fingerprint density at radius 3 is 1.37 bits per heavy atom. The van der Waals surface area contributed by atoms with Gasteiger partial charge in [0.25, 0.3) is 17.7 Å². The molecule has 23 nitrogen and oxygen atoms in total. The molecule has 3 aliphatic carbocycles. The third-order valence-electron chi connectivity index (χ3n) is 19.3. The summed E-state index contributed by atoms with van der Waals surface area (Å²) < 4.78 is 19.7. The Kier molecular flexibility index (Phi) is 28.6. The van der Waals surface area contributed by atoms with Crippen molar-refractivity contribution in [2.45, 2.75) is 214 Å². The van der Waals surface area contributed by atoms with Crippen molar-refractivity contribution < 1.29 is 52.8 Å². The van der Waals surface area contributed by atoms with E-state index in [0.717, 1.165) is 36.0 Å². The Morgan fingerprint density at radius 2 is 0.960 bits per heavy atom. The molecule has 3 aromatic carbocycles. The minimum Gasteiger partial charge on any atom is -0.428 e. The van der Waals surface area contributed by atoms with E-state index in [9.17, 15) is 38.8 Å². The van der Waals surface area contributed by atoms with Crippen LogP contribution in [0.3, 0.4) is 0 Å². The van der Waals surface area contributed by atoms with Gasteiger partial charge in [-0.2, -0.15) is 0 Å². The maximum Gasteiger partial charge on any atom is 0.481 e. The van der Waals surface area contributed by atoms with Gasteiger partial charge >= 0.3 is 21.2 Å². The van der Waals surface area contributed by atoms with E-state index >= 15 is 0 Å². The minimum absolute atomic E-state index is 0. The summed E-state index contributed by atoms with van der Waals surface area (Å²) in [5.74, 6) is -1.95. The van der Waals surface area contributed by atoms with Gasteiger partial charge in [-0.1, -0.05) is 168 Å². The average molecular weight is 1380 g/mol. The van der Waals surface area contributed by atoms with Crippen molar-refractivity contribution in [3.8, 4) is 0 Å². The second-order valence-corrected chi connectivity index (χ2v) is 30.3. The van der Waals surface area contributed by atoms with E-state index in [1.165, 1.54) is 49.8 Å². The maximum absolute atomic E-state index is 13.8. The quantitative estimate of drug-likeness (QED) is 0.0224. The molecule has 540 valence electrons. The molecule has 2 bridgehead atoms. The van der Waals surface area contributed by atoms with E-state index < -0.39 is 61.9 Å². The van der Waals surface area contributed by atoms with Gasteiger partial charge in [-0.05, 0) is 128 Å². The highest BCUT2D eigenvalue weighted by Crippen LogP contribution is 2.66. The van der Waals surface area contributed by atoms with E-state index in [1.807, 2.05) is 105 Å². The lowest BCUT2D eigenvalue weighted by Crippen LogP contribution is -2.65. The standard InChI is InChI=1S/C29H39BN4O4.C26H37BN4O3.C19H25BN4O4.CH4/c1-18(2)13-25(30-37-24-16-20-15-23(28(20,3)4)29(24,5)38-30)34-26(35)21(14-19-9-7-6-8-10-19)33-27(36)22-17-31-11-12-32-22;1-18(2)15-21(27-25(3,4)17-26(5,6)34-27)31-23(32)20(16-19-11-8-7-9-12-19)30-24(33)22-28-13-10-14-29-22;1-13(2)11-16(20(27)28)24-18(25)15(12-14-7-4-3-5-8-14)23-19(26)17-21-9-6-10-22-17;/h6-12,17-18,20-21,23-25H,13-16H2,1-5H3,(H,33,36)(H,34,35);7-14,18,20-21H,15-17H2,1-6H3,(H,30,33)(H,31,32);3-10,13,15-16,27-28H,11-12H2,1-2H3,(H,23,26)(H,24,25);1H4/t20-,21-,23-,24+,25-,29-;20-,21-;15-,16-;/m000./s1. The summed E-state index contributed by atoms with van der Waals surface area (Å²) >= 11 is 0. The molecule has 0 unspecified atom stereocenters. The van der Waals surface area contributed by atoms with Crippen molar-refractivity contribution in [2.75, 3.05) is 0 Å². The maximum atomic E-state index is 13.8. The predicted octanol–water partition coefficient (Wildman–Crippen LogP) is 8.47. The van der Waals surface area contributed by atoms with Crippen LogP contribution < -0.4 is 31.9 Å². The van der Waals surface area contributed by atoms with Crippen LogP contribution in [0.1, 0.15) is 184 Å². The van der Waals surface area contributed by atoms with Gasteiger partial charge in [-0.25, -0.2) is 24.9 Å². The van der Waals surface area contributed by atoms with Crippen LogP contribution in [0.15, 0.2) is 147 Å². The molecule has 0 radical (unpaired) electrons. The van der Waals surface area contributed by atoms with Gasteiger partial charge in [0.05, 0.1) is 29.8 Å². The van der Waals surface area contributed by atoms with Crippen molar-refractivity contribution in [3.05, 3.63) is 181 Å². The first-order valence-corrected chi connectivity index (χ1v) is 35.0. The fourth-order valence-corrected chi connectivity index (χ4v) is 14.7. The highest BCUT2D eigenvalue weighted by atomic mass is 16.7. The molecule has 5 aliphatic rings. The zero-order valence-corrected chi connectivity index (χ0v) is 60.1. The number of carbonyl (C=O) groups excluding carboxylic acids is 6. The smallest absolute Gasteiger partial charge is 0.428 e. The zero-order valence-electron chi connectivity index (χ0n) is 60.1. The molecule has 101 heavy (non-hydrogen) atoms. The van der Waals surface area contributed by atoms with Gasteiger partial charge in [0.1, 0.15) is 23.8 Å². The molecular formula is C75H105B3N12O11. The van der Waals surface area contributed by atoms with E-state index in [2.05, 4.69) is 138 Å². The highest BCUT2D eigenvalue weighted by molar-refractivity contribution is 6.58. The number of nitrogens with zero attached hydrogens (tertiary/aromatic N) is 6. The normalized spacial score (nSPS) is 20.6. The first-order valence-electron chi connectivity index (χ1n) is 35.0. The molecule has 0 spiro atoms. The van der Waals surface area contributed by atoms with E-state index in [4.69, 9.17) is 14.0 Å². The lowest BCUT2D eigenvalue weighted by molar-refractivity contribution is -0.199. The molecule has 11 rings (SSSR count). The zero-order chi connectivity index (χ0) is 72.5. The molecule has 3 aromatic heterocycles. The van der Waals surface area contributed by atoms with Crippen LogP contribution in [0.2, 0.25) is 5.31 Å². The topological polar surface area (TPSA) is 320 Å². The molecule has 6 amide bonds. The van der Waals surface area contributed by atoms with Crippen molar-refractivity contribution in [1.82, 2.24) is 61.8 Å². The minimum atomic E-state index is -1.70. The molecule has 8 N–H and O–H groups in total. The molecular weight excluding hydrogens is 1280 g/mol. The van der Waals surface area contributed by atoms with Crippen LogP contribution in [0.25, 0.3) is 0 Å². The summed E-state index contributed by atoms with van der Waals surface area (Å²) in [6, 6.07) is 29.3. The third kappa shape index (κ3) is 22.4. The van der Waals surface area contributed by atoms with Crippen LogP contribution in [-0.2, 0) is 47.6 Å². The molecule has 5 fully saturated rings. The number of nitrogens with one attached hydrogen (secondary N) is 6. The molecule has 2 aliphatic heterocycles. The summed E-state index contributed by atoms with van der Waals surface area (Å²) in [5, 5.41) is 36.5. The molecule has 26 heteroatoms. The molecule has 5 heterocycles. The summed E-state index contributed by atoms with van der Waals surface area (Å²) in [4.78, 5) is 102. The largest absolute Gasteiger partial charge is 0.481 e. The Labute approximate surface area is 597 Å². The lowest BCUT2D eigenvalue weighted by atomic mass is 9.42. The third-order valence-corrected chi connectivity index (χ3v) is 19.3. The number of aromatic nitrogens is 6. The Hall–Kier alpha value is -8.29. The van der Waals surface area contributed by atoms with Gasteiger partial charge in [0, 0.05) is 68.0 Å². The summed E-state index contributed by atoms with van der Waals surface area (Å²) in [6.45, 7) is 27.7. The first-order chi connectivity index (χ1) is 47.4. The van der Waals surface area contributed by atoms with Gasteiger partial charge in [0.2, 0.25) is 29.4 Å². The second-order valence-electron chi connectivity index (χ2n) is 30.3. The summed E-state index contributed by atoms with van der Waals surface area (Å²) in [6.07, 6.45) is 16.2. The fourth-order valence-electron chi connectivity index (χ4n) is 14.7. The fraction of sp³-hybridized carbons (Fsp3) is 0.520. The van der Waals surface area contributed by atoms with Crippen LogP contribution in [0.4, 0.5) is 0 Å². The van der Waals surface area contributed by atoms with E-state index in [1.54, 1.807) is 12.1 Å². The Morgan fingerprint density at radius 1 is 0.525 bits per heavy atom. The Bertz CT molecular complexity index is 3620. The second kappa shape index (κ2) is 36.0. The average Bonchev–Trinajstić information content (AvgIpc) is 1.66. The monoisotopic (exact) mass is 1380 g/mol. The van der Waals surface area contributed by atoms with Crippen molar-refractivity contribution >= 4 is 56.6 Å². The van der Waals surface area contributed by atoms with Crippen LogP contribution in [-0.4, -0.2) is 150 Å². The molecule has 10 atom stereocenters. The SMILES string of the molecule is C.CC(C)C[C@H](NC(=O)[C@H](Cc1ccccc1)NC(=O)c1cnccn1)B1O[C@@H]2C[C@@H]3C[C@@H](C3(C)C)[C@]2(C)O1.CC(C)C[C@H](NC(=O)[C@H](Cc1ccccc1)NC(=O)c1ncccn1)B(O)O.CC(C)C[C@H](NC(=O)[C@H](Cc1ccccc1)NC(=O)c1ncccn1)B1OC(C)(C)CC1(C)C. The highest BCUT2D eigenvalue weighted by Gasteiger charge is 2.68. The van der Waals surface area contributed by atoms with E-state index in [-0.39, 0.29) is 95.8 Å². The number of carbonyl (C=O) groups is 6. The first kappa shape index (κ1) is 80.0. The van der Waals surface area contributed by atoms with E-state index in [0.29, 0.717) is 49.4 Å². The van der Waals surface area contributed by atoms with Crippen LogP contribution in [0, 0.1) is 35.0 Å². The van der Waals surface area contributed by atoms with Crippen molar-refractivity contribution in [1.29, 1.82) is 0 Å². The number of hydrogen-bond acceptors (Lipinski definition) is 17. The predicted molar refractivity (Wildman–Crippen MR) is 391 cm³/mol. The summed E-state index contributed by atoms with van der Waals surface area (Å²) in [5.41, 5.74) is 2.55. The van der Waals surface area contributed by atoms with Gasteiger partial charge in [0.15, 0.2) is 0 Å². The van der Waals surface area contributed by atoms with Crippen molar-refractivity contribution in [3.63, 3.8) is 0 Å². The number of benzene rings is 3. The van der Waals surface area contributed by atoms with Gasteiger partial charge in [-0.15, -0.1) is 0 Å². The van der Waals surface area contributed by atoms with Gasteiger partial charge < -0.3 is 55.9 Å².